The average molecular weight is 370 g/mol. The van der Waals surface area contributed by atoms with Gasteiger partial charge in [0.25, 0.3) is 0 Å². The predicted octanol–water partition coefficient (Wildman–Crippen LogP) is 2.48. The number of carboxylic acid groups (broad SMARTS) is 1. The van der Waals surface area contributed by atoms with Crippen LogP contribution in [0.3, 0.4) is 0 Å². The zero-order valence-corrected chi connectivity index (χ0v) is 15.1. The number of carboxylic acids is 1. The Morgan fingerprint density at radius 2 is 2.04 bits per heavy atom. The van der Waals surface area contributed by atoms with Crippen LogP contribution in [0.25, 0.3) is 0 Å². The fourth-order valence-corrected chi connectivity index (χ4v) is 2.81. The molecule has 2 rings (SSSR count). The number of piperidine rings is 1. The summed E-state index contributed by atoms with van der Waals surface area (Å²) in [6.45, 7) is 4.26. The third-order valence-corrected chi connectivity index (χ3v) is 4.26. The summed E-state index contributed by atoms with van der Waals surface area (Å²) in [6, 6.07) is 4.54. The zero-order chi connectivity index (χ0) is 19.9. The number of amides is 2. The Labute approximate surface area is 151 Å². The van der Waals surface area contributed by atoms with Crippen LogP contribution in [0, 0.1) is 11.7 Å². The molecule has 0 bridgehead atoms. The zero-order valence-electron chi connectivity index (χ0n) is 15.1. The number of carbonyl (C=O) groups excluding carboxylic acids is 2. The van der Waals surface area contributed by atoms with Crippen molar-refractivity contribution in [3.8, 4) is 0 Å². The van der Waals surface area contributed by atoms with Gasteiger partial charge in [0.15, 0.2) is 0 Å². The number of hydrogen-bond donors (Lipinski definition) is 2. The normalized spacial score (nSPS) is 17.7. The van der Waals surface area contributed by atoms with E-state index < -0.39 is 29.5 Å². The first-order valence-corrected chi connectivity index (χ1v) is 8.32. The van der Waals surface area contributed by atoms with E-state index in [-0.39, 0.29) is 30.9 Å². The molecular weight excluding hydrogens is 346 g/mol. The number of benzene rings is 1. The second-order valence-electron chi connectivity index (χ2n) is 5.99. The van der Waals surface area contributed by atoms with Crippen LogP contribution >= 0.6 is 0 Å². The maximum absolute atomic E-state index is 14.5. The van der Waals surface area contributed by atoms with Gasteiger partial charge in [0.05, 0.1) is 19.0 Å². The molecule has 144 valence electrons. The Bertz CT molecular complexity index is 667. The van der Waals surface area contributed by atoms with Crippen LogP contribution in [0.1, 0.15) is 38.2 Å². The highest BCUT2D eigenvalue weighted by Gasteiger charge is 2.30. The van der Waals surface area contributed by atoms with Gasteiger partial charge >= 0.3 is 5.97 Å². The fraction of sp³-hybridized carbons (Fsp3) is 0.500. The van der Waals surface area contributed by atoms with E-state index in [1.165, 1.54) is 6.07 Å². The molecule has 1 saturated heterocycles. The van der Waals surface area contributed by atoms with Crippen molar-refractivity contribution in [2.24, 2.45) is 5.92 Å². The molecule has 1 aromatic rings. The van der Waals surface area contributed by atoms with Crippen molar-refractivity contribution in [3.05, 3.63) is 29.6 Å². The largest absolute Gasteiger partial charge is 0.481 e. The minimum atomic E-state index is -0.908. The van der Waals surface area contributed by atoms with Crippen LogP contribution in [0.5, 0.6) is 0 Å². The topological polar surface area (TPSA) is 86.7 Å². The molecule has 0 aliphatic carbocycles. The first-order valence-electron chi connectivity index (χ1n) is 8.32. The van der Waals surface area contributed by atoms with E-state index in [0.29, 0.717) is 19.4 Å². The van der Waals surface area contributed by atoms with Gasteiger partial charge < -0.3 is 10.0 Å². The first-order chi connectivity index (χ1) is 12.3. The smallest absolute Gasteiger partial charge is 0.308 e. The van der Waals surface area contributed by atoms with Crippen LogP contribution in [0.4, 0.5) is 14.5 Å². The minimum Gasteiger partial charge on any atom is -0.481 e. The van der Waals surface area contributed by atoms with E-state index in [0.717, 1.165) is 0 Å². The third kappa shape index (κ3) is 5.24. The predicted molar refractivity (Wildman–Crippen MR) is 93.2 cm³/mol. The summed E-state index contributed by atoms with van der Waals surface area (Å²) in [5, 5.41) is 11.2. The maximum atomic E-state index is 14.5. The number of nitrogens with one attached hydrogen (secondary N) is 1. The lowest BCUT2D eigenvalue weighted by Crippen LogP contribution is -2.39. The average Bonchev–Trinajstić information content (AvgIpc) is 2.61. The van der Waals surface area contributed by atoms with Crippen LogP contribution < -0.4 is 10.2 Å². The van der Waals surface area contributed by atoms with Crippen LogP contribution in [-0.2, 0) is 14.4 Å². The lowest BCUT2D eigenvalue weighted by molar-refractivity contribution is -0.141. The van der Waals surface area contributed by atoms with Crippen LogP contribution in [0.15, 0.2) is 18.2 Å². The highest BCUT2D eigenvalue weighted by molar-refractivity contribution is 6.01. The first kappa shape index (κ1) is 21.5. The molecule has 1 fully saturated rings. The number of alkyl halides is 1. The lowest BCUT2D eigenvalue weighted by Gasteiger charge is -2.26. The minimum absolute atomic E-state index is 0.189. The van der Waals surface area contributed by atoms with E-state index in [1.54, 1.807) is 24.0 Å². The lowest BCUT2D eigenvalue weighted by atomic mass is 9.90. The van der Waals surface area contributed by atoms with Crippen LogP contribution in [0.2, 0.25) is 0 Å². The SMILES string of the molecule is CCN(CC(C)C(=O)O)c1ccc(C2CCC(=O)NC2=O)c(F)c1.CF. The molecule has 0 saturated carbocycles. The third-order valence-electron chi connectivity index (χ3n) is 4.26. The molecule has 26 heavy (non-hydrogen) atoms. The number of rotatable bonds is 6. The summed E-state index contributed by atoms with van der Waals surface area (Å²) in [4.78, 5) is 35.8. The number of nitrogens with zero attached hydrogens (tertiary/aromatic N) is 1. The molecule has 0 aromatic heterocycles. The summed E-state index contributed by atoms with van der Waals surface area (Å²) in [7, 11) is 0.500. The number of imide groups is 1. The van der Waals surface area contributed by atoms with Gasteiger partial charge in [0.2, 0.25) is 11.8 Å². The highest BCUT2D eigenvalue weighted by atomic mass is 19.1. The molecule has 1 aliphatic heterocycles. The van der Waals surface area contributed by atoms with Gasteiger partial charge in [-0.3, -0.25) is 24.1 Å². The molecular formula is C18H24F2N2O4. The number of carbonyl (C=O) groups is 3. The number of anilines is 1. The maximum Gasteiger partial charge on any atom is 0.308 e. The summed E-state index contributed by atoms with van der Waals surface area (Å²) >= 11 is 0. The van der Waals surface area contributed by atoms with Gasteiger partial charge in [0.1, 0.15) is 5.82 Å². The van der Waals surface area contributed by atoms with Crippen molar-refractivity contribution in [2.75, 3.05) is 25.2 Å². The fourth-order valence-electron chi connectivity index (χ4n) is 2.81. The van der Waals surface area contributed by atoms with Gasteiger partial charge in [-0.2, -0.15) is 0 Å². The molecule has 0 radical (unpaired) electrons. The van der Waals surface area contributed by atoms with Gasteiger partial charge in [-0.25, -0.2) is 4.39 Å². The molecule has 1 aromatic carbocycles. The van der Waals surface area contributed by atoms with Crippen molar-refractivity contribution < 1.29 is 28.3 Å². The molecule has 2 N–H and O–H groups in total. The Kier molecular flexibility index (Phi) is 8.15. The van der Waals surface area contributed by atoms with Gasteiger partial charge in [-0.1, -0.05) is 13.0 Å². The van der Waals surface area contributed by atoms with E-state index in [4.69, 9.17) is 5.11 Å². The quantitative estimate of drug-likeness (QED) is 0.752. The van der Waals surface area contributed by atoms with E-state index >= 15 is 0 Å². The van der Waals surface area contributed by atoms with Gasteiger partial charge in [-0.05, 0) is 25.5 Å². The van der Waals surface area contributed by atoms with E-state index in [9.17, 15) is 23.2 Å². The molecule has 2 atom stereocenters. The van der Waals surface area contributed by atoms with Crippen molar-refractivity contribution in [1.82, 2.24) is 5.32 Å². The van der Waals surface area contributed by atoms with Gasteiger partial charge in [0, 0.05) is 30.8 Å². The van der Waals surface area contributed by atoms with E-state index in [2.05, 4.69) is 5.32 Å². The molecule has 8 heteroatoms. The summed E-state index contributed by atoms with van der Waals surface area (Å²) in [6.07, 6.45) is 0.475. The van der Waals surface area contributed by atoms with Crippen molar-refractivity contribution >= 4 is 23.5 Å². The molecule has 2 unspecified atom stereocenters. The monoisotopic (exact) mass is 370 g/mol. The van der Waals surface area contributed by atoms with Gasteiger partial charge in [-0.15, -0.1) is 0 Å². The molecule has 1 heterocycles. The Morgan fingerprint density at radius 1 is 1.38 bits per heavy atom. The number of hydrogen-bond acceptors (Lipinski definition) is 4. The number of halogens is 2. The van der Waals surface area contributed by atoms with Crippen molar-refractivity contribution in [3.63, 3.8) is 0 Å². The second kappa shape index (κ2) is 9.84. The number of aliphatic carboxylic acids is 1. The summed E-state index contributed by atoms with van der Waals surface area (Å²) in [5.74, 6) is -3.51. The van der Waals surface area contributed by atoms with Crippen LogP contribution in [-0.4, -0.2) is 43.2 Å². The molecule has 0 spiro atoms. The molecule has 6 nitrogen and oxygen atoms in total. The highest BCUT2D eigenvalue weighted by Crippen LogP contribution is 2.29. The van der Waals surface area contributed by atoms with Crippen molar-refractivity contribution in [1.29, 1.82) is 0 Å². The molecule has 2 amide bonds. The van der Waals surface area contributed by atoms with Crippen molar-refractivity contribution in [2.45, 2.75) is 32.6 Å². The summed E-state index contributed by atoms with van der Waals surface area (Å²) in [5.41, 5.74) is 0.824. The second-order valence-corrected chi connectivity index (χ2v) is 5.99. The standard InChI is InChI=1S/C17H21FN2O4.CH3F/c1-3-20(9-10(2)17(23)24)11-4-5-12(14(18)8-11)13-6-7-15(21)19-16(13)22;1-2/h4-5,8,10,13H,3,6-7,9H2,1-2H3,(H,23,24)(H,19,21,22);1H3. The van der Waals surface area contributed by atoms with E-state index in [1.807, 2.05) is 6.92 Å². The Hall–Kier alpha value is -2.51. The molecule has 1 aliphatic rings. The summed E-state index contributed by atoms with van der Waals surface area (Å²) < 4.78 is 24.0. The Balaban J connectivity index is 0.00000163. The Morgan fingerprint density at radius 3 is 2.54 bits per heavy atom.